The molecular formula is C13H18O3. The molecule has 88 valence electrons. The minimum Gasteiger partial charge on any atom is -0.469 e. The molecule has 3 nitrogen and oxygen atoms in total. The third kappa shape index (κ3) is 3.33. The Morgan fingerprint density at radius 1 is 1.38 bits per heavy atom. The van der Waals surface area contributed by atoms with Crippen LogP contribution >= 0.6 is 0 Å². The highest BCUT2D eigenvalue weighted by atomic mass is 16.5. The number of allylic oxidation sites excluding steroid dienone is 3. The number of rotatable bonds is 5. The highest BCUT2D eigenvalue weighted by Crippen LogP contribution is 2.28. The first-order valence-corrected chi connectivity index (χ1v) is 5.65. The SMILES string of the molecule is CC/C=C\CC1=C(CC(=O)OC)CCC1=O. The van der Waals surface area contributed by atoms with E-state index in [0.29, 0.717) is 19.3 Å². The van der Waals surface area contributed by atoms with Crippen molar-refractivity contribution in [3.05, 3.63) is 23.3 Å². The van der Waals surface area contributed by atoms with Crippen LogP contribution in [0.3, 0.4) is 0 Å². The van der Waals surface area contributed by atoms with Gasteiger partial charge in [-0.25, -0.2) is 0 Å². The summed E-state index contributed by atoms with van der Waals surface area (Å²) in [4.78, 5) is 22.8. The lowest BCUT2D eigenvalue weighted by atomic mass is 10.0. The predicted octanol–water partition coefficient (Wildman–Crippen LogP) is 2.57. The number of ketones is 1. The zero-order chi connectivity index (χ0) is 12.0. The summed E-state index contributed by atoms with van der Waals surface area (Å²) in [6, 6.07) is 0. The Morgan fingerprint density at radius 3 is 2.75 bits per heavy atom. The molecule has 0 unspecified atom stereocenters. The maximum Gasteiger partial charge on any atom is 0.309 e. The number of Topliss-reactive ketones (excluding diaryl/α,β-unsaturated/α-hetero) is 1. The first kappa shape index (κ1) is 12.7. The molecular weight excluding hydrogens is 204 g/mol. The van der Waals surface area contributed by atoms with Crippen LogP contribution in [0.25, 0.3) is 0 Å². The Morgan fingerprint density at radius 2 is 2.12 bits per heavy atom. The van der Waals surface area contributed by atoms with Gasteiger partial charge in [0, 0.05) is 6.42 Å². The Kier molecular flexibility index (Phi) is 4.96. The molecule has 1 aliphatic carbocycles. The smallest absolute Gasteiger partial charge is 0.309 e. The number of hydrogen-bond donors (Lipinski definition) is 0. The fourth-order valence-electron chi connectivity index (χ4n) is 1.83. The second-order valence-corrected chi connectivity index (χ2v) is 3.84. The number of methoxy groups -OCH3 is 1. The van der Waals surface area contributed by atoms with Gasteiger partial charge < -0.3 is 4.74 Å². The van der Waals surface area contributed by atoms with Gasteiger partial charge in [0.2, 0.25) is 0 Å². The fraction of sp³-hybridized carbons (Fsp3) is 0.538. The van der Waals surface area contributed by atoms with E-state index in [1.807, 2.05) is 12.2 Å². The summed E-state index contributed by atoms with van der Waals surface area (Å²) >= 11 is 0. The molecule has 0 aliphatic heterocycles. The molecule has 1 rings (SSSR count). The Labute approximate surface area is 96.2 Å². The average molecular weight is 222 g/mol. The summed E-state index contributed by atoms with van der Waals surface area (Å²) in [5.74, 6) is -0.0821. The Balaban J connectivity index is 2.71. The predicted molar refractivity (Wildman–Crippen MR) is 61.9 cm³/mol. The second-order valence-electron chi connectivity index (χ2n) is 3.84. The second kappa shape index (κ2) is 6.26. The van der Waals surface area contributed by atoms with Gasteiger partial charge in [-0.15, -0.1) is 0 Å². The van der Waals surface area contributed by atoms with Crippen molar-refractivity contribution in [1.29, 1.82) is 0 Å². The standard InChI is InChI=1S/C13H18O3/c1-3-4-5-6-11-10(7-8-12(11)14)9-13(15)16-2/h4-5H,3,6-9H2,1-2H3/b5-4-. The number of esters is 1. The number of ether oxygens (including phenoxy) is 1. The van der Waals surface area contributed by atoms with Gasteiger partial charge in [-0.3, -0.25) is 9.59 Å². The van der Waals surface area contributed by atoms with Gasteiger partial charge in [0.1, 0.15) is 0 Å². The quantitative estimate of drug-likeness (QED) is 0.530. The highest BCUT2D eigenvalue weighted by molar-refractivity contribution is 5.99. The zero-order valence-corrected chi connectivity index (χ0v) is 9.91. The Bertz CT molecular complexity index is 337. The molecule has 0 bridgehead atoms. The van der Waals surface area contributed by atoms with Crippen molar-refractivity contribution in [2.75, 3.05) is 7.11 Å². The monoisotopic (exact) mass is 222 g/mol. The van der Waals surface area contributed by atoms with E-state index >= 15 is 0 Å². The van der Waals surface area contributed by atoms with Crippen LogP contribution in [-0.2, 0) is 14.3 Å². The molecule has 0 aromatic carbocycles. The molecule has 0 amide bonds. The van der Waals surface area contributed by atoms with Gasteiger partial charge in [-0.1, -0.05) is 24.6 Å². The maximum atomic E-state index is 11.6. The van der Waals surface area contributed by atoms with Gasteiger partial charge in [-0.2, -0.15) is 0 Å². The van der Waals surface area contributed by atoms with Crippen LogP contribution in [-0.4, -0.2) is 18.9 Å². The normalized spacial score (nSPS) is 16.2. The van der Waals surface area contributed by atoms with E-state index in [4.69, 9.17) is 0 Å². The van der Waals surface area contributed by atoms with Crippen molar-refractivity contribution in [2.24, 2.45) is 0 Å². The maximum absolute atomic E-state index is 11.6. The lowest BCUT2D eigenvalue weighted by Gasteiger charge is -2.03. The molecule has 16 heavy (non-hydrogen) atoms. The molecule has 0 atom stereocenters. The number of hydrogen-bond acceptors (Lipinski definition) is 3. The molecule has 1 aliphatic rings. The van der Waals surface area contributed by atoms with E-state index < -0.39 is 0 Å². The van der Waals surface area contributed by atoms with E-state index in [2.05, 4.69) is 11.7 Å². The molecule has 0 saturated carbocycles. The summed E-state index contributed by atoms with van der Waals surface area (Å²) in [6.07, 6.45) is 7.17. The van der Waals surface area contributed by atoms with Crippen LogP contribution in [0.1, 0.15) is 39.0 Å². The Hall–Kier alpha value is -1.38. The van der Waals surface area contributed by atoms with Gasteiger partial charge in [0.15, 0.2) is 5.78 Å². The van der Waals surface area contributed by atoms with Crippen molar-refractivity contribution in [3.63, 3.8) is 0 Å². The summed E-state index contributed by atoms with van der Waals surface area (Å²) in [7, 11) is 1.37. The zero-order valence-electron chi connectivity index (χ0n) is 9.91. The largest absolute Gasteiger partial charge is 0.469 e. The molecule has 0 spiro atoms. The average Bonchev–Trinajstić information content (AvgIpc) is 2.61. The van der Waals surface area contributed by atoms with Gasteiger partial charge in [-0.05, 0) is 24.8 Å². The minimum absolute atomic E-state index is 0.180. The highest BCUT2D eigenvalue weighted by Gasteiger charge is 2.23. The molecule has 0 saturated heterocycles. The lowest BCUT2D eigenvalue weighted by molar-refractivity contribution is -0.139. The van der Waals surface area contributed by atoms with Crippen molar-refractivity contribution in [2.45, 2.75) is 39.0 Å². The molecule has 0 aromatic heterocycles. The van der Waals surface area contributed by atoms with Crippen LogP contribution in [0.2, 0.25) is 0 Å². The van der Waals surface area contributed by atoms with Crippen LogP contribution in [0, 0.1) is 0 Å². The van der Waals surface area contributed by atoms with Crippen LogP contribution in [0.5, 0.6) is 0 Å². The molecule has 0 aromatic rings. The van der Waals surface area contributed by atoms with E-state index in [9.17, 15) is 9.59 Å². The molecule has 0 N–H and O–H groups in total. The van der Waals surface area contributed by atoms with E-state index in [-0.39, 0.29) is 18.2 Å². The third-order valence-electron chi connectivity index (χ3n) is 2.73. The summed E-state index contributed by atoms with van der Waals surface area (Å²) in [5, 5.41) is 0. The van der Waals surface area contributed by atoms with Crippen LogP contribution in [0.15, 0.2) is 23.3 Å². The first-order chi connectivity index (χ1) is 7.69. The van der Waals surface area contributed by atoms with Crippen LogP contribution in [0.4, 0.5) is 0 Å². The summed E-state index contributed by atoms with van der Waals surface area (Å²) < 4.78 is 4.62. The molecule has 3 heteroatoms. The number of carbonyl (C=O) groups is 2. The van der Waals surface area contributed by atoms with E-state index in [1.54, 1.807) is 0 Å². The first-order valence-electron chi connectivity index (χ1n) is 5.65. The molecule has 0 heterocycles. The molecule has 0 fully saturated rings. The van der Waals surface area contributed by atoms with Crippen molar-refractivity contribution in [1.82, 2.24) is 0 Å². The van der Waals surface area contributed by atoms with E-state index in [1.165, 1.54) is 7.11 Å². The van der Waals surface area contributed by atoms with Crippen molar-refractivity contribution >= 4 is 11.8 Å². The van der Waals surface area contributed by atoms with E-state index in [0.717, 1.165) is 17.6 Å². The summed E-state index contributed by atoms with van der Waals surface area (Å²) in [6.45, 7) is 2.05. The lowest BCUT2D eigenvalue weighted by Crippen LogP contribution is -2.02. The van der Waals surface area contributed by atoms with Gasteiger partial charge >= 0.3 is 5.97 Å². The van der Waals surface area contributed by atoms with Gasteiger partial charge in [0.05, 0.1) is 13.5 Å². The number of carbonyl (C=O) groups excluding carboxylic acids is 2. The van der Waals surface area contributed by atoms with Gasteiger partial charge in [0.25, 0.3) is 0 Å². The van der Waals surface area contributed by atoms with Crippen molar-refractivity contribution in [3.8, 4) is 0 Å². The van der Waals surface area contributed by atoms with Crippen LogP contribution < -0.4 is 0 Å². The fourth-order valence-corrected chi connectivity index (χ4v) is 1.83. The summed E-state index contributed by atoms with van der Waals surface area (Å²) in [5.41, 5.74) is 1.77. The third-order valence-corrected chi connectivity index (χ3v) is 2.73. The molecule has 0 radical (unpaired) electrons. The topological polar surface area (TPSA) is 43.4 Å². The van der Waals surface area contributed by atoms with Crippen molar-refractivity contribution < 1.29 is 14.3 Å². The minimum atomic E-state index is -0.262.